The van der Waals surface area contributed by atoms with E-state index in [4.69, 9.17) is 4.42 Å². The van der Waals surface area contributed by atoms with Crippen LogP contribution in [0.1, 0.15) is 36.1 Å². The van der Waals surface area contributed by atoms with Crippen molar-refractivity contribution in [1.29, 1.82) is 0 Å². The van der Waals surface area contributed by atoms with Gasteiger partial charge in [-0.3, -0.25) is 0 Å². The van der Waals surface area contributed by atoms with Gasteiger partial charge < -0.3 is 4.42 Å². The molecule has 0 spiro atoms. The Bertz CT molecular complexity index is 1520. The zero-order chi connectivity index (χ0) is 21.2. The van der Waals surface area contributed by atoms with Crippen LogP contribution in [0.25, 0.3) is 45.2 Å². The summed E-state index contributed by atoms with van der Waals surface area (Å²) in [6.45, 7) is 4.62. The lowest BCUT2D eigenvalue weighted by molar-refractivity contribution is 0.660. The SMILES string of the molecule is CC1(C)c2cc(Br)ccc2-c2ccc(/C=C/c3cccc4c3oc3ccccc34)cc21. The van der Waals surface area contributed by atoms with Gasteiger partial charge in [0.2, 0.25) is 0 Å². The molecule has 31 heavy (non-hydrogen) atoms. The van der Waals surface area contributed by atoms with Gasteiger partial charge in [-0.15, -0.1) is 0 Å². The van der Waals surface area contributed by atoms with Crippen LogP contribution in [0.3, 0.4) is 0 Å². The molecule has 1 heterocycles. The van der Waals surface area contributed by atoms with Crippen LogP contribution < -0.4 is 0 Å². The van der Waals surface area contributed by atoms with Gasteiger partial charge in [0.1, 0.15) is 11.2 Å². The molecule has 4 aromatic carbocycles. The number of halogens is 1. The van der Waals surface area contributed by atoms with Crippen molar-refractivity contribution in [3.8, 4) is 11.1 Å². The summed E-state index contributed by atoms with van der Waals surface area (Å²) in [5.41, 5.74) is 9.59. The van der Waals surface area contributed by atoms with Crippen molar-refractivity contribution >= 4 is 50.0 Å². The Morgan fingerprint density at radius 3 is 2.35 bits per heavy atom. The number of furan rings is 1. The highest BCUT2D eigenvalue weighted by Crippen LogP contribution is 2.49. The minimum Gasteiger partial charge on any atom is -0.455 e. The second-order valence-corrected chi connectivity index (χ2v) is 9.69. The first-order valence-corrected chi connectivity index (χ1v) is 11.3. The number of hydrogen-bond acceptors (Lipinski definition) is 1. The lowest BCUT2D eigenvalue weighted by Gasteiger charge is -2.21. The fourth-order valence-electron chi connectivity index (χ4n) is 4.92. The lowest BCUT2D eigenvalue weighted by Crippen LogP contribution is -2.15. The molecule has 0 N–H and O–H groups in total. The van der Waals surface area contributed by atoms with Gasteiger partial charge in [0, 0.05) is 26.2 Å². The average molecular weight is 465 g/mol. The Balaban J connectivity index is 1.43. The third kappa shape index (κ3) is 2.82. The molecule has 0 aliphatic heterocycles. The van der Waals surface area contributed by atoms with Crippen molar-refractivity contribution in [2.45, 2.75) is 19.3 Å². The summed E-state index contributed by atoms with van der Waals surface area (Å²) in [6, 6.07) is 28.0. The first-order chi connectivity index (χ1) is 15.0. The standard InChI is InChI=1S/C29H21BrO/c1-29(2)25-16-18(11-14-21(25)22-15-13-20(30)17-26(22)29)10-12-19-6-5-8-24-23-7-3-4-9-27(23)31-28(19)24/h3-17H,1-2H3/b12-10+. The van der Waals surface area contributed by atoms with Crippen molar-refractivity contribution in [2.24, 2.45) is 0 Å². The van der Waals surface area contributed by atoms with E-state index >= 15 is 0 Å². The first kappa shape index (κ1) is 18.7. The van der Waals surface area contributed by atoms with Gasteiger partial charge in [0.15, 0.2) is 0 Å². The molecule has 1 aliphatic carbocycles. The number of benzene rings is 4. The molecule has 2 heteroatoms. The van der Waals surface area contributed by atoms with Gasteiger partial charge in [-0.2, -0.15) is 0 Å². The fraction of sp³-hybridized carbons (Fsp3) is 0.103. The summed E-state index contributed by atoms with van der Waals surface area (Å²) < 4.78 is 7.31. The lowest BCUT2D eigenvalue weighted by atomic mass is 9.82. The predicted molar refractivity (Wildman–Crippen MR) is 134 cm³/mol. The molecule has 0 fully saturated rings. The highest BCUT2D eigenvalue weighted by atomic mass is 79.9. The van der Waals surface area contributed by atoms with Gasteiger partial charge in [-0.25, -0.2) is 0 Å². The molecule has 0 atom stereocenters. The molecule has 1 aliphatic rings. The minimum absolute atomic E-state index is 0.0168. The average Bonchev–Trinajstić information content (AvgIpc) is 3.26. The van der Waals surface area contributed by atoms with E-state index in [0.717, 1.165) is 32.0 Å². The van der Waals surface area contributed by atoms with E-state index in [-0.39, 0.29) is 5.41 Å². The second kappa shape index (κ2) is 6.70. The number of fused-ring (bicyclic) bond motifs is 6. The van der Waals surface area contributed by atoms with E-state index in [9.17, 15) is 0 Å². The summed E-state index contributed by atoms with van der Waals surface area (Å²) >= 11 is 3.64. The molecule has 1 nitrogen and oxygen atoms in total. The largest absolute Gasteiger partial charge is 0.455 e. The van der Waals surface area contributed by atoms with Gasteiger partial charge in [-0.05, 0) is 46.0 Å². The molecule has 0 bridgehead atoms. The quantitative estimate of drug-likeness (QED) is 0.237. The van der Waals surface area contributed by atoms with Crippen molar-refractivity contribution in [3.63, 3.8) is 0 Å². The molecule has 6 rings (SSSR count). The normalized spacial score (nSPS) is 14.4. The Labute approximate surface area is 190 Å². The zero-order valence-electron chi connectivity index (χ0n) is 17.4. The van der Waals surface area contributed by atoms with Gasteiger partial charge in [-0.1, -0.05) is 103 Å². The Morgan fingerprint density at radius 2 is 1.48 bits per heavy atom. The van der Waals surface area contributed by atoms with Gasteiger partial charge >= 0.3 is 0 Å². The summed E-state index contributed by atoms with van der Waals surface area (Å²) in [6.07, 6.45) is 4.36. The molecule has 5 aromatic rings. The zero-order valence-corrected chi connectivity index (χ0v) is 19.0. The molecular weight excluding hydrogens is 444 g/mol. The predicted octanol–water partition coefficient (Wildman–Crippen LogP) is 8.83. The second-order valence-electron chi connectivity index (χ2n) is 8.78. The smallest absolute Gasteiger partial charge is 0.142 e. The van der Waals surface area contributed by atoms with Crippen LogP contribution >= 0.6 is 15.9 Å². The van der Waals surface area contributed by atoms with Crippen molar-refractivity contribution in [1.82, 2.24) is 0 Å². The van der Waals surface area contributed by atoms with E-state index in [1.54, 1.807) is 0 Å². The van der Waals surface area contributed by atoms with Crippen LogP contribution in [0, 0.1) is 0 Å². The molecule has 150 valence electrons. The van der Waals surface area contributed by atoms with Crippen molar-refractivity contribution in [2.75, 3.05) is 0 Å². The monoisotopic (exact) mass is 464 g/mol. The van der Waals surface area contributed by atoms with E-state index < -0.39 is 0 Å². The Kier molecular flexibility index (Phi) is 4.03. The van der Waals surface area contributed by atoms with Crippen molar-refractivity contribution < 1.29 is 4.42 Å². The third-order valence-electron chi connectivity index (χ3n) is 6.55. The van der Waals surface area contributed by atoms with E-state index in [1.807, 2.05) is 12.1 Å². The highest BCUT2D eigenvalue weighted by Gasteiger charge is 2.35. The number of para-hydroxylation sites is 2. The summed E-state index contributed by atoms with van der Waals surface area (Å²) in [5.74, 6) is 0. The minimum atomic E-state index is -0.0168. The summed E-state index contributed by atoms with van der Waals surface area (Å²) in [7, 11) is 0. The highest BCUT2D eigenvalue weighted by molar-refractivity contribution is 9.10. The first-order valence-electron chi connectivity index (χ1n) is 10.6. The maximum atomic E-state index is 6.18. The molecule has 0 amide bonds. The van der Waals surface area contributed by atoms with Crippen LogP contribution in [-0.2, 0) is 5.41 Å². The van der Waals surface area contributed by atoms with Gasteiger partial charge in [0.25, 0.3) is 0 Å². The van der Waals surface area contributed by atoms with E-state index in [0.29, 0.717) is 0 Å². The summed E-state index contributed by atoms with van der Waals surface area (Å²) in [5, 5.41) is 2.32. The van der Waals surface area contributed by atoms with E-state index in [2.05, 4.69) is 109 Å². The summed E-state index contributed by atoms with van der Waals surface area (Å²) in [4.78, 5) is 0. The molecule has 0 radical (unpaired) electrons. The topological polar surface area (TPSA) is 13.1 Å². The molecule has 0 saturated heterocycles. The van der Waals surface area contributed by atoms with Crippen LogP contribution in [0.15, 0.2) is 87.8 Å². The fourth-order valence-corrected chi connectivity index (χ4v) is 5.28. The number of rotatable bonds is 2. The third-order valence-corrected chi connectivity index (χ3v) is 7.05. The maximum Gasteiger partial charge on any atom is 0.142 e. The van der Waals surface area contributed by atoms with Crippen LogP contribution in [-0.4, -0.2) is 0 Å². The molecular formula is C29H21BrO. The molecule has 0 unspecified atom stereocenters. The molecule has 0 saturated carbocycles. The molecule has 1 aromatic heterocycles. The Morgan fingerprint density at radius 1 is 0.742 bits per heavy atom. The Hall–Kier alpha value is -3.10. The van der Waals surface area contributed by atoms with Crippen LogP contribution in [0.4, 0.5) is 0 Å². The van der Waals surface area contributed by atoms with Gasteiger partial charge in [0.05, 0.1) is 0 Å². The van der Waals surface area contributed by atoms with E-state index in [1.165, 1.54) is 27.8 Å². The van der Waals surface area contributed by atoms with Crippen molar-refractivity contribution in [3.05, 3.63) is 106 Å². The maximum absolute atomic E-state index is 6.18. The number of hydrogen-bond donors (Lipinski definition) is 0. The van der Waals surface area contributed by atoms with Crippen LogP contribution in [0.5, 0.6) is 0 Å². The van der Waals surface area contributed by atoms with Crippen LogP contribution in [0.2, 0.25) is 0 Å².